The van der Waals surface area contributed by atoms with Crippen LogP contribution in [0.25, 0.3) is 0 Å². The van der Waals surface area contributed by atoms with Gasteiger partial charge in [-0.15, -0.1) is 0 Å². The Hall–Kier alpha value is -4.02. The first-order valence-electron chi connectivity index (χ1n) is 23.6. The summed E-state index contributed by atoms with van der Waals surface area (Å²) in [5, 5.41) is 9.30. The summed E-state index contributed by atoms with van der Waals surface area (Å²) in [6.45, 7) is 17.1. The molecule has 0 saturated heterocycles. The topological polar surface area (TPSA) is 160 Å². The number of amides is 3. The Morgan fingerprint density at radius 2 is 1.43 bits per heavy atom. The van der Waals surface area contributed by atoms with Gasteiger partial charge in [0.05, 0.1) is 32.5 Å². The average molecular weight is 925 g/mol. The maximum Gasteiger partial charge on any atom is 0.248 e. The van der Waals surface area contributed by atoms with Crippen molar-refractivity contribution in [2.24, 2.45) is 4.99 Å². The number of carbonyl (C=O) groups excluding carboxylic acids is 4. The number of benzene rings is 2. The molecule has 0 spiro atoms. The quantitative estimate of drug-likeness (QED) is 0.0476. The molecule has 14 nitrogen and oxygen atoms in total. The Bertz CT molecular complexity index is 1780. The number of likely N-dealkylation sites (N-methyl/N-ethyl adjacent to an activating group) is 1. The molecule has 2 aromatic rings. The zero-order valence-corrected chi connectivity index (χ0v) is 41.9. The SMILES string of the molecule is COc1cc(C)c(SN(C)CCOCC(=O)N(CCCCCNC(=O)CCCCCCNC(=O)CCCC(=O)C(C)(C)OCCC(C)(C)OC)Cc2ccc(C3=NCCN3)cc2)c(C)c1. The number of methoxy groups -OCH3 is 2. The lowest BCUT2D eigenvalue weighted by molar-refractivity contribution is -0.142. The van der Waals surface area contributed by atoms with Crippen LogP contribution < -0.4 is 20.7 Å². The fourth-order valence-corrected chi connectivity index (χ4v) is 8.02. The van der Waals surface area contributed by atoms with Crippen LogP contribution in [0.1, 0.15) is 127 Å². The van der Waals surface area contributed by atoms with E-state index in [-0.39, 0.29) is 35.7 Å². The average Bonchev–Trinajstić information content (AvgIpc) is 3.82. The van der Waals surface area contributed by atoms with Gasteiger partial charge < -0.3 is 39.8 Å². The highest BCUT2D eigenvalue weighted by Gasteiger charge is 2.29. The first kappa shape index (κ1) is 55.3. The van der Waals surface area contributed by atoms with Gasteiger partial charge in [-0.1, -0.05) is 37.1 Å². The first-order chi connectivity index (χ1) is 31.0. The van der Waals surface area contributed by atoms with Crippen LogP contribution >= 0.6 is 11.9 Å². The Labute approximate surface area is 394 Å². The van der Waals surface area contributed by atoms with Crippen molar-refractivity contribution in [2.45, 2.75) is 141 Å². The number of carbonyl (C=O) groups is 4. The molecule has 15 heteroatoms. The number of hydrogen-bond donors (Lipinski definition) is 3. The zero-order valence-electron chi connectivity index (χ0n) is 41.0. The van der Waals surface area contributed by atoms with E-state index in [1.807, 2.05) is 37.9 Å². The summed E-state index contributed by atoms with van der Waals surface area (Å²) < 4.78 is 24.7. The van der Waals surface area contributed by atoms with E-state index in [2.05, 4.69) is 63.4 Å². The van der Waals surface area contributed by atoms with Crippen molar-refractivity contribution in [1.82, 2.24) is 25.2 Å². The predicted molar refractivity (Wildman–Crippen MR) is 261 cm³/mol. The van der Waals surface area contributed by atoms with Crippen molar-refractivity contribution in [3.05, 3.63) is 58.7 Å². The molecule has 0 bridgehead atoms. The highest BCUT2D eigenvalue weighted by atomic mass is 32.2. The number of nitrogens with one attached hydrogen (secondary N) is 3. The van der Waals surface area contributed by atoms with Gasteiger partial charge in [0.2, 0.25) is 17.7 Å². The lowest BCUT2D eigenvalue weighted by atomic mass is 9.98. The Morgan fingerprint density at radius 1 is 0.800 bits per heavy atom. The Kier molecular flexibility index (Phi) is 25.2. The van der Waals surface area contributed by atoms with Gasteiger partial charge in [-0.25, -0.2) is 4.31 Å². The van der Waals surface area contributed by atoms with Gasteiger partial charge in [0.25, 0.3) is 0 Å². The van der Waals surface area contributed by atoms with Crippen LogP contribution in [0, 0.1) is 13.8 Å². The van der Waals surface area contributed by atoms with Gasteiger partial charge in [-0.3, -0.25) is 24.2 Å². The number of rotatable bonds is 34. The molecule has 1 aliphatic rings. The molecule has 0 aromatic heterocycles. The monoisotopic (exact) mass is 925 g/mol. The van der Waals surface area contributed by atoms with E-state index >= 15 is 0 Å². The number of hydrogen-bond acceptors (Lipinski definition) is 12. The smallest absolute Gasteiger partial charge is 0.248 e. The number of unbranched alkanes of at least 4 members (excludes halogenated alkanes) is 5. The van der Waals surface area contributed by atoms with Gasteiger partial charge in [0.15, 0.2) is 5.78 Å². The van der Waals surface area contributed by atoms with Gasteiger partial charge >= 0.3 is 0 Å². The largest absolute Gasteiger partial charge is 0.497 e. The minimum Gasteiger partial charge on any atom is -0.497 e. The zero-order chi connectivity index (χ0) is 47.7. The molecule has 1 heterocycles. The second-order valence-electron chi connectivity index (χ2n) is 18.0. The molecule has 0 saturated carbocycles. The third-order valence-corrected chi connectivity index (χ3v) is 12.9. The van der Waals surface area contributed by atoms with Gasteiger partial charge in [0, 0.05) is 76.1 Å². The van der Waals surface area contributed by atoms with Crippen molar-refractivity contribution in [2.75, 3.05) is 80.4 Å². The maximum absolute atomic E-state index is 13.5. The molecule has 0 radical (unpaired) electrons. The van der Waals surface area contributed by atoms with Crippen LogP contribution in [-0.4, -0.2) is 130 Å². The van der Waals surface area contributed by atoms with Crippen molar-refractivity contribution in [3.63, 3.8) is 0 Å². The number of aliphatic imine (C=N–C) groups is 1. The summed E-state index contributed by atoms with van der Waals surface area (Å²) in [6.07, 6.45) is 8.25. The normalized spacial score (nSPS) is 12.8. The molecule has 0 aliphatic carbocycles. The molecular formula is C50H80N6O8S. The van der Waals surface area contributed by atoms with Crippen molar-refractivity contribution in [1.29, 1.82) is 0 Å². The minimum atomic E-state index is -0.894. The third-order valence-electron chi connectivity index (χ3n) is 11.6. The summed E-state index contributed by atoms with van der Waals surface area (Å²) in [7, 11) is 5.37. The molecule has 3 amide bonds. The van der Waals surface area contributed by atoms with Crippen molar-refractivity contribution >= 4 is 41.3 Å². The molecule has 65 heavy (non-hydrogen) atoms. The van der Waals surface area contributed by atoms with E-state index in [1.165, 1.54) is 4.90 Å². The number of ketones is 1. The molecule has 0 unspecified atom stereocenters. The Balaban J connectivity index is 1.28. The van der Waals surface area contributed by atoms with E-state index in [1.54, 1.807) is 40.0 Å². The van der Waals surface area contributed by atoms with E-state index in [9.17, 15) is 19.2 Å². The lowest BCUT2D eigenvalue weighted by Gasteiger charge is -2.28. The van der Waals surface area contributed by atoms with Crippen molar-refractivity contribution < 1.29 is 38.1 Å². The third kappa shape index (κ3) is 21.9. The second kappa shape index (κ2) is 29.6. The number of Topliss-reactive ketones (excluding diaryl/α,β-unsaturated/α-hetero) is 1. The molecule has 364 valence electrons. The standard InChI is InChI=1S/C50H80N6O8S/c1-38-34-42(61-8)35-39(2)47(38)65-55(7)31-33-63-37-46(60)56(36-40-21-23-41(24-22-40)48-53-28-29-54-48)30-16-12-15-27-51-44(58)19-13-10-11-14-26-52-45(59)20-17-18-43(57)50(5,6)64-32-25-49(3,4)62-9/h21-24,34-35H,10-20,25-33,36-37H2,1-9H3,(H,51,58)(H,52,59)(H,53,54). The van der Waals surface area contributed by atoms with E-state index in [0.29, 0.717) is 78.0 Å². The van der Waals surface area contributed by atoms with E-state index in [0.717, 1.165) is 91.9 Å². The van der Waals surface area contributed by atoms with E-state index < -0.39 is 5.60 Å². The maximum atomic E-state index is 13.5. The van der Waals surface area contributed by atoms with E-state index in [4.69, 9.17) is 18.9 Å². The van der Waals surface area contributed by atoms with Crippen LogP contribution in [-0.2, 0) is 39.9 Å². The Morgan fingerprint density at radius 3 is 2.05 bits per heavy atom. The summed E-state index contributed by atoms with van der Waals surface area (Å²) in [6, 6.07) is 12.3. The summed E-state index contributed by atoms with van der Waals surface area (Å²) >= 11 is 1.67. The molecule has 0 fully saturated rings. The molecule has 3 rings (SSSR count). The fraction of sp³-hybridized carbons (Fsp3) is 0.660. The molecule has 1 aliphatic heterocycles. The first-order valence-corrected chi connectivity index (χ1v) is 24.3. The van der Waals surface area contributed by atoms with Crippen LogP contribution in [0.4, 0.5) is 0 Å². The summed E-state index contributed by atoms with van der Waals surface area (Å²) in [4.78, 5) is 58.6. The van der Waals surface area contributed by atoms with Crippen molar-refractivity contribution in [3.8, 4) is 5.75 Å². The van der Waals surface area contributed by atoms with Gasteiger partial charge in [0.1, 0.15) is 23.8 Å². The summed E-state index contributed by atoms with van der Waals surface area (Å²) in [5.41, 5.74) is 3.20. The van der Waals surface area contributed by atoms with Gasteiger partial charge in [-0.05, 0) is 134 Å². The van der Waals surface area contributed by atoms with Crippen LogP contribution in [0.5, 0.6) is 5.75 Å². The molecule has 3 N–H and O–H groups in total. The number of nitrogens with zero attached hydrogens (tertiary/aromatic N) is 3. The number of ether oxygens (including phenoxy) is 4. The van der Waals surface area contributed by atoms with Crippen LogP contribution in [0.3, 0.4) is 0 Å². The molecular weight excluding hydrogens is 845 g/mol. The highest BCUT2D eigenvalue weighted by molar-refractivity contribution is 7.97. The lowest BCUT2D eigenvalue weighted by Crippen LogP contribution is -2.37. The predicted octanol–water partition coefficient (Wildman–Crippen LogP) is 7.35. The van der Waals surface area contributed by atoms with Crippen LogP contribution in [0.2, 0.25) is 0 Å². The fourth-order valence-electron chi connectivity index (χ4n) is 7.14. The second-order valence-corrected chi connectivity index (χ2v) is 19.2. The summed E-state index contributed by atoms with van der Waals surface area (Å²) in [5.74, 6) is 1.71. The molecule has 2 aromatic carbocycles. The molecule has 0 atom stereocenters. The number of amidine groups is 1. The number of aryl methyl sites for hydroxylation is 2. The van der Waals surface area contributed by atoms with Crippen LogP contribution in [0.15, 0.2) is 46.3 Å². The highest BCUT2D eigenvalue weighted by Crippen LogP contribution is 2.31. The minimum absolute atomic E-state index is 0.00856. The van der Waals surface area contributed by atoms with Gasteiger partial charge in [-0.2, -0.15) is 0 Å².